The largest absolute Gasteiger partial charge is 0.477 e. The first-order chi connectivity index (χ1) is 8.90. The van der Waals surface area contributed by atoms with Crippen molar-refractivity contribution in [1.82, 2.24) is 10.3 Å². The van der Waals surface area contributed by atoms with Crippen LogP contribution in [0.25, 0.3) is 0 Å². The van der Waals surface area contributed by atoms with Gasteiger partial charge in [-0.3, -0.25) is 0 Å². The Morgan fingerprint density at radius 2 is 2.44 bits per heavy atom. The lowest BCUT2D eigenvalue weighted by Gasteiger charge is -2.23. The number of rotatable bonds is 5. The average Bonchev–Trinajstić information content (AvgIpc) is 2.45. The van der Waals surface area contributed by atoms with E-state index >= 15 is 0 Å². The lowest BCUT2D eigenvalue weighted by molar-refractivity contribution is 0.276. The highest BCUT2D eigenvalue weighted by Crippen LogP contribution is 2.15. The Balaban J connectivity index is 1.70. The summed E-state index contributed by atoms with van der Waals surface area (Å²) in [6, 6.07) is 6.20. The van der Waals surface area contributed by atoms with Crippen LogP contribution in [0.3, 0.4) is 0 Å². The number of nitrogens with one attached hydrogen (secondary N) is 1. The van der Waals surface area contributed by atoms with Gasteiger partial charge < -0.3 is 10.1 Å². The van der Waals surface area contributed by atoms with E-state index in [9.17, 15) is 0 Å². The maximum Gasteiger partial charge on any atom is 0.231 e. The second-order valence-corrected chi connectivity index (χ2v) is 4.61. The molecule has 1 N–H and O–H groups in total. The van der Waals surface area contributed by atoms with Gasteiger partial charge in [0.25, 0.3) is 0 Å². The van der Waals surface area contributed by atoms with Crippen LogP contribution < -0.4 is 10.1 Å². The average molecular weight is 245 g/mol. The quantitative estimate of drug-likeness (QED) is 0.808. The van der Waals surface area contributed by atoms with Crippen LogP contribution in [0.5, 0.6) is 5.88 Å². The van der Waals surface area contributed by atoms with Crippen molar-refractivity contribution in [1.29, 1.82) is 5.26 Å². The van der Waals surface area contributed by atoms with Crippen LogP contribution in [-0.4, -0.2) is 24.2 Å². The van der Waals surface area contributed by atoms with E-state index in [1.165, 1.54) is 19.3 Å². The van der Waals surface area contributed by atoms with Crippen molar-refractivity contribution >= 4 is 0 Å². The third-order valence-corrected chi connectivity index (χ3v) is 3.24. The maximum atomic E-state index is 8.90. The van der Waals surface area contributed by atoms with Gasteiger partial charge in [0.15, 0.2) is 0 Å². The van der Waals surface area contributed by atoms with E-state index in [4.69, 9.17) is 10.00 Å². The van der Waals surface area contributed by atoms with E-state index in [0.717, 1.165) is 19.4 Å². The molecule has 1 aromatic heterocycles. The fraction of sp³-hybridized carbons (Fsp3) is 0.571. The Bertz CT molecular complexity index is 408. The zero-order valence-electron chi connectivity index (χ0n) is 10.6. The summed E-state index contributed by atoms with van der Waals surface area (Å²) in [5, 5.41) is 12.4. The van der Waals surface area contributed by atoms with Crippen LogP contribution in [0.1, 0.15) is 37.7 Å². The van der Waals surface area contributed by atoms with Crippen LogP contribution in [0, 0.1) is 11.3 Å². The van der Waals surface area contributed by atoms with Crippen molar-refractivity contribution in [2.45, 2.75) is 38.1 Å². The standard InChI is InChI=1S/C14H19N3O/c15-11-12-5-3-9-17-14(12)18-10-4-7-13-6-1-2-8-16-13/h3,5,9,13,16H,1-2,4,6-8,10H2/t13-/m0/s1. The maximum absolute atomic E-state index is 8.90. The molecule has 1 aliphatic heterocycles. The highest BCUT2D eigenvalue weighted by Gasteiger charge is 2.12. The van der Waals surface area contributed by atoms with Gasteiger partial charge in [-0.1, -0.05) is 6.42 Å². The first-order valence-electron chi connectivity index (χ1n) is 6.61. The molecule has 0 aliphatic carbocycles. The predicted molar refractivity (Wildman–Crippen MR) is 69.3 cm³/mol. The SMILES string of the molecule is N#Cc1cccnc1OCCC[C@@H]1CCCCN1. The lowest BCUT2D eigenvalue weighted by Crippen LogP contribution is -2.34. The van der Waals surface area contributed by atoms with E-state index in [1.807, 2.05) is 0 Å². The number of pyridine rings is 1. The molecule has 4 nitrogen and oxygen atoms in total. The molecular weight excluding hydrogens is 226 g/mol. The number of ether oxygens (including phenoxy) is 1. The highest BCUT2D eigenvalue weighted by molar-refractivity contribution is 5.36. The molecule has 0 radical (unpaired) electrons. The highest BCUT2D eigenvalue weighted by atomic mass is 16.5. The lowest BCUT2D eigenvalue weighted by atomic mass is 10.0. The number of nitrogens with zero attached hydrogens (tertiary/aromatic N) is 2. The minimum absolute atomic E-state index is 0.455. The van der Waals surface area contributed by atoms with Crippen LogP contribution in [0.4, 0.5) is 0 Å². The molecule has 0 unspecified atom stereocenters. The van der Waals surface area contributed by atoms with E-state index in [1.54, 1.807) is 18.3 Å². The topological polar surface area (TPSA) is 57.9 Å². The monoisotopic (exact) mass is 245 g/mol. The zero-order valence-corrected chi connectivity index (χ0v) is 10.6. The second kappa shape index (κ2) is 6.97. The summed E-state index contributed by atoms with van der Waals surface area (Å²) in [5.41, 5.74) is 0.508. The normalized spacial score (nSPS) is 19.2. The van der Waals surface area contributed by atoms with E-state index < -0.39 is 0 Å². The number of hydrogen-bond acceptors (Lipinski definition) is 4. The molecule has 1 aromatic rings. The van der Waals surface area contributed by atoms with Gasteiger partial charge in [-0.2, -0.15) is 5.26 Å². The molecule has 0 aromatic carbocycles. The fourth-order valence-electron chi connectivity index (χ4n) is 2.26. The zero-order chi connectivity index (χ0) is 12.6. The molecule has 0 bridgehead atoms. The van der Waals surface area contributed by atoms with Crippen molar-refractivity contribution < 1.29 is 4.74 Å². The van der Waals surface area contributed by atoms with Gasteiger partial charge in [0.2, 0.25) is 5.88 Å². The molecule has 0 saturated carbocycles. The molecule has 4 heteroatoms. The van der Waals surface area contributed by atoms with E-state index in [2.05, 4.69) is 16.4 Å². The Morgan fingerprint density at radius 3 is 3.22 bits per heavy atom. The molecule has 2 heterocycles. The molecule has 0 spiro atoms. The van der Waals surface area contributed by atoms with Crippen molar-refractivity contribution in [2.24, 2.45) is 0 Å². The second-order valence-electron chi connectivity index (χ2n) is 4.61. The van der Waals surface area contributed by atoms with Gasteiger partial charge in [0.05, 0.1) is 6.61 Å². The number of hydrogen-bond donors (Lipinski definition) is 1. The van der Waals surface area contributed by atoms with Gasteiger partial charge >= 0.3 is 0 Å². The minimum atomic E-state index is 0.455. The van der Waals surface area contributed by atoms with Gasteiger partial charge in [-0.15, -0.1) is 0 Å². The minimum Gasteiger partial charge on any atom is -0.477 e. The molecule has 0 amide bonds. The Hall–Kier alpha value is -1.60. The fourth-order valence-corrected chi connectivity index (χ4v) is 2.26. The molecule has 1 atom stereocenters. The number of piperidine rings is 1. The summed E-state index contributed by atoms with van der Waals surface area (Å²) in [5.74, 6) is 0.455. The summed E-state index contributed by atoms with van der Waals surface area (Å²) in [7, 11) is 0. The van der Waals surface area contributed by atoms with Crippen molar-refractivity contribution in [3.8, 4) is 11.9 Å². The summed E-state index contributed by atoms with van der Waals surface area (Å²) < 4.78 is 5.56. The third kappa shape index (κ3) is 3.71. The van der Waals surface area contributed by atoms with Crippen molar-refractivity contribution in [3.05, 3.63) is 23.9 Å². The Labute approximate surface area is 108 Å². The van der Waals surface area contributed by atoms with Crippen LogP contribution in [0.15, 0.2) is 18.3 Å². The molecule has 1 aliphatic rings. The van der Waals surface area contributed by atoms with E-state index in [-0.39, 0.29) is 0 Å². The summed E-state index contributed by atoms with van der Waals surface area (Å²) in [6.07, 6.45) is 7.68. The molecule has 1 saturated heterocycles. The summed E-state index contributed by atoms with van der Waals surface area (Å²) in [6.45, 7) is 1.77. The first kappa shape index (κ1) is 12.8. The van der Waals surface area contributed by atoms with Crippen molar-refractivity contribution in [3.63, 3.8) is 0 Å². The number of nitriles is 1. The molecule has 18 heavy (non-hydrogen) atoms. The van der Waals surface area contributed by atoms with Gasteiger partial charge in [-0.05, 0) is 44.4 Å². The smallest absolute Gasteiger partial charge is 0.231 e. The van der Waals surface area contributed by atoms with Gasteiger partial charge in [0, 0.05) is 12.2 Å². The van der Waals surface area contributed by atoms with Gasteiger partial charge in [0.1, 0.15) is 11.6 Å². The number of aromatic nitrogens is 1. The Morgan fingerprint density at radius 1 is 1.50 bits per heavy atom. The van der Waals surface area contributed by atoms with Gasteiger partial charge in [-0.25, -0.2) is 4.98 Å². The van der Waals surface area contributed by atoms with Crippen LogP contribution in [-0.2, 0) is 0 Å². The first-order valence-corrected chi connectivity index (χ1v) is 6.61. The summed E-state index contributed by atoms with van der Waals surface area (Å²) >= 11 is 0. The predicted octanol–water partition coefficient (Wildman–Crippen LogP) is 2.25. The van der Waals surface area contributed by atoms with Crippen LogP contribution >= 0.6 is 0 Å². The summed E-state index contributed by atoms with van der Waals surface area (Å²) in [4.78, 5) is 4.07. The molecule has 2 rings (SSSR count). The van der Waals surface area contributed by atoms with Crippen LogP contribution in [0.2, 0.25) is 0 Å². The molecule has 96 valence electrons. The Kier molecular flexibility index (Phi) is 4.98. The molecule has 1 fully saturated rings. The van der Waals surface area contributed by atoms with Crippen molar-refractivity contribution in [2.75, 3.05) is 13.2 Å². The third-order valence-electron chi connectivity index (χ3n) is 3.24. The molecular formula is C14H19N3O. The van der Waals surface area contributed by atoms with E-state index in [0.29, 0.717) is 24.1 Å².